The maximum Gasteiger partial charge on any atom is 0.251 e. The van der Waals surface area contributed by atoms with Crippen molar-refractivity contribution in [2.45, 2.75) is 39.9 Å². The first-order valence-electron chi connectivity index (χ1n) is 9.28. The molecule has 1 aromatic heterocycles. The Morgan fingerprint density at radius 2 is 2.04 bits per heavy atom. The zero-order valence-electron chi connectivity index (χ0n) is 16.2. The van der Waals surface area contributed by atoms with E-state index in [1.54, 1.807) is 30.6 Å². The van der Waals surface area contributed by atoms with Crippen LogP contribution < -0.4 is 14.8 Å². The molecule has 0 aliphatic rings. The lowest BCUT2D eigenvalue weighted by atomic mass is 10.2. The highest BCUT2D eigenvalue weighted by molar-refractivity contribution is 5.94. The fourth-order valence-corrected chi connectivity index (χ4v) is 2.38. The highest BCUT2D eigenvalue weighted by Crippen LogP contribution is 2.29. The Morgan fingerprint density at radius 3 is 2.74 bits per heavy atom. The number of hydrogen-bond donors (Lipinski definition) is 1. The first-order valence-corrected chi connectivity index (χ1v) is 9.28. The average molecular weight is 372 g/mol. The van der Waals surface area contributed by atoms with Crippen LogP contribution in [0.3, 0.4) is 0 Å². The molecule has 2 aromatic rings. The van der Waals surface area contributed by atoms with Crippen LogP contribution in [0.2, 0.25) is 0 Å². The minimum absolute atomic E-state index is 0.140. The highest BCUT2D eigenvalue weighted by Gasteiger charge is 2.12. The van der Waals surface area contributed by atoms with Gasteiger partial charge in [0.15, 0.2) is 11.5 Å². The van der Waals surface area contributed by atoms with Gasteiger partial charge in [0.25, 0.3) is 5.91 Å². The number of carbonyl (C=O) groups is 1. The van der Waals surface area contributed by atoms with E-state index in [2.05, 4.69) is 10.3 Å². The van der Waals surface area contributed by atoms with Crippen LogP contribution in [0.5, 0.6) is 11.5 Å². The summed E-state index contributed by atoms with van der Waals surface area (Å²) in [6, 6.07) is 9.02. The van der Waals surface area contributed by atoms with E-state index >= 15 is 0 Å². The lowest BCUT2D eigenvalue weighted by Crippen LogP contribution is -2.25. The summed E-state index contributed by atoms with van der Waals surface area (Å²) in [6.45, 7) is 7.94. The normalized spacial score (nSPS) is 10.7. The van der Waals surface area contributed by atoms with Gasteiger partial charge in [-0.05, 0) is 51.5 Å². The maximum absolute atomic E-state index is 12.3. The number of hydrogen-bond acceptors (Lipinski definition) is 5. The number of benzene rings is 1. The van der Waals surface area contributed by atoms with Crippen molar-refractivity contribution in [3.8, 4) is 11.5 Å². The second kappa shape index (κ2) is 11.2. The number of ether oxygens (including phenoxy) is 3. The van der Waals surface area contributed by atoms with Crippen LogP contribution in [0.1, 0.15) is 43.1 Å². The van der Waals surface area contributed by atoms with Gasteiger partial charge in [-0.2, -0.15) is 0 Å². The van der Waals surface area contributed by atoms with Gasteiger partial charge in [-0.3, -0.25) is 9.78 Å². The van der Waals surface area contributed by atoms with Crippen LogP contribution >= 0.6 is 0 Å². The maximum atomic E-state index is 12.3. The van der Waals surface area contributed by atoms with Crippen molar-refractivity contribution >= 4 is 5.91 Å². The lowest BCUT2D eigenvalue weighted by Gasteiger charge is -2.13. The number of nitrogens with one attached hydrogen (secondary N) is 1. The molecule has 0 unspecified atom stereocenters. The second-order valence-corrected chi connectivity index (χ2v) is 6.27. The summed E-state index contributed by atoms with van der Waals surface area (Å²) < 4.78 is 16.9. The summed E-state index contributed by atoms with van der Waals surface area (Å²) in [5.74, 6) is 1.01. The molecule has 2 rings (SSSR count). The van der Waals surface area contributed by atoms with Gasteiger partial charge in [0.1, 0.15) is 6.61 Å². The Balaban J connectivity index is 1.93. The molecule has 27 heavy (non-hydrogen) atoms. The molecule has 0 spiro atoms. The molecule has 1 heterocycles. The van der Waals surface area contributed by atoms with Crippen molar-refractivity contribution < 1.29 is 19.0 Å². The third kappa shape index (κ3) is 7.27. The Kier molecular flexibility index (Phi) is 8.58. The molecule has 1 N–H and O–H groups in total. The lowest BCUT2D eigenvalue weighted by molar-refractivity contribution is 0.0757. The Morgan fingerprint density at radius 1 is 1.19 bits per heavy atom. The fourth-order valence-electron chi connectivity index (χ4n) is 2.38. The fraction of sp³-hybridized carbons (Fsp3) is 0.429. The molecule has 0 bridgehead atoms. The van der Waals surface area contributed by atoms with Crippen LogP contribution in [0.15, 0.2) is 42.7 Å². The summed E-state index contributed by atoms with van der Waals surface area (Å²) in [6.07, 6.45) is 4.45. The molecular weight excluding hydrogens is 344 g/mol. The third-order valence-corrected chi connectivity index (χ3v) is 3.68. The van der Waals surface area contributed by atoms with Crippen LogP contribution in [0, 0.1) is 0 Å². The standard InChI is InChI=1S/C21H28N2O4/c1-4-25-20-13-18(21(24)23-11-6-12-26-16(2)3)8-9-19(20)27-15-17-7-5-10-22-14-17/h5,7-10,13-14,16H,4,6,11-12,15H2,1-3H3,(H,23,24). The van der Waals surface area contributed by atoms with Crippen molar-refractivity contribution in [1.82, 2.24) is 10.3 Å². The van der Waals surface area contributed by atoms with Gasteiger partial charge in [-0.1, -0.05) is 6.07 Å². The van der Waals surface area contributed by atoms with E-state index in [0.717, 1.165) is 12.0 Å². The summed E-state index contributed by atoms with van der Waals surface area (Å²) in [5, 5.41) is 2.90. The zero-order chi connectivity index (χ0) is 19.5. The summed E-state index contributed by atoms with van der Waals surface area (Å²) in [7, 11) is 0. The van der Waals surface area contributed by atoms with Gasteiger partial charge < -0.3 is 19.5 Å². The number of nitrogens with zero attached hydrogens (tertiary/aromatic N) is 1. The molecule has 146 valence electrons. The van der Waals surface area contributed by atoms with Gasteiger partial charge in [0.05, 0.1) is 12.7 Å². The number of pyridine rings is 1. The summed E-state index contributed by atoms with van der Waals surface area (Å²) in [5.41, 5.74) is 1.50. The molecule has 1 amide bonds. The van der Waals surface area contributed by atoms with Gasteiger partial charge >= 0.3 is 0 Å². The third-order valence-electron chi connectivity index (χ3n) is 3.68. The topological polar surface area (TPSA) is 69.7 Å². The van der Waals surface area contributed by atoms with Gasteiger partial charge in [0.2, 0.25) is 0 Å². The summed E-state index contributed by atoms with van der Waals surface area (Å²) in [4.78, 5) is 16.4. The van der Waals surface area contributed by atoms with Crippen molar-refractivity contribution in [3.05, 3.63) is 53.9 Å². The molecule has 0 atom stereocenters. The van der Waals surface area contributed by atoms with Gasteiger partial charge in [0, 0.05) is 36.7 Å². The first-order chi connectivity index (χ1) is 13.1. The molecule has 6 nitrogen and oxygen atoms in total. The first kappa shape index (κ1) is 20.7. The molecule has 0 saturated carbocycles. The Labute approximate surface area is 160 Å². The smallest absolute Gasteiger partial charge is 0.251 e. The van der Waals surface area contributed by atoms with E-state index < -0.39 is 0 Å². The molecule has 0 fully saturated rings. The molecule has 0 aliphatic carbocycles. The largest absolute Gasteiger partial charge is 0.490 e. The monoisotopic (exact) mass is 372 g/mol. The predicted molar refractivity (Wildman–Crippen MR) is 104 cm³/mol. The minimum atomic E-state index is -0.140. The molecule has 0 aliphatic heterocycles. The predicted octanol–water partition coefficient (Wildman–Crippen LogP) is 3.60. The van der Waals surface area contributed by atoms with Crippen molar-refractivity contribution in [3.63, 3.8) is 0 Å². The van der Waals surface area contributed by atoms with E-state index in [-0.39, 0.29) is 12.0 Å². The van der Waals surface area contributed by atoms with Crippen molar-refractivity contribution in [2.24, 2.45) is 0 Å². The van der Waals surface area contributed by atoms with Crippen LogP contribution in [-0.2, 0) is 11.3 Å². The summed E-state index contributed by atoms with van der Waals surface area (Å²) >= 11 is 0. The molecule has 6 heteroatoms. The average Bonchev–Trinajstić information content (AvgIpc) is 2.67. The van der Waals surface area contributed by atoms with E-state index in [1.807, 2.05) is 32.9 Å². The van der Waals surface area contributed by atoms with Crippen LogP contribution in [0.25, 0.3) is 0 Å². The second-order valence-electron chi connectivity index (χ2n) is 6.27. The number of amides is 1. The number of carbonyl (C=O) groups excluding carboxylic acids is 1. The Bertz CT molecular complexity index is 705. The zero-order valence-corrected chi connectivity index (χ0v) is 16.2. The van der Waals surface area contributed by atoms with Crippen molar-refractivity contribution in [2.75, 3.05) is 19.8 Å². The van der Waals surface area contributed by atoms with E-state index in [9.17, 15) is 4.79 Å². The van der Waals surface area contributed by atoms with E-state index in [0.29, 0.717) is 43.4 Å². The van der Waals surface area contributed by atoms with E-state index in [1.165, 1.54) is 0 Å². The number of aromatic nitrogens is 1. The molecular formula is C21H28N2O4. The van der Waals surface area contributed by atoms with Crippen LogP contribution in [0.4, 0.5) is 0 Å². The molecule has 0 saturated heterocycles. The van der Waals surface area contributed by atoms with Gasteiger partial charge in [-0.25, -0.2) is 0 Å². The SMILES string of the molecule is CCOc1cc(C(=O)NCCCOC(C)C)ccc1OCc1cccnc1. The van der Waals surface area contributed by atoms with Gasteiger partial charge in [-0.15, -0.1) is 0 Å². The van der Waals surface area contributed by atoms with Crippen LogP contribution in [-0.4, -0.2) is 36.8 Å². The quantitative estimate of drug-likeness (QED) is 0.610. The highest BCUT2D eigenvalue weighted by atomic mass is 16.5. The Hall–Kier alpha value is -2.60. The van der Waals surface area contributed by atoms with E-state index in [4.69, 9.17) is 14.2 Å². The number of rotatable bonds is 11. The molecule has 1 aromatic carbocycles. The molecule has 0 radical (unpaired) electrons. The minimum Gasteiger partial charge on any atom is -0.490 e. The van der Waals surface area contributed by atoms with Crippen molar-refractivity contribution in [1.29, 1.82) is 0 Å².